The van der Waals surface area contributed by atoms with Gasteiger partial charge in [0.2, 0.25) is 5.96 Å². The molecule has 4 nitrogen and oxygen atoms in total. The summed E-state index contributed by atoms with van der Waals surface area (Å²) in [5.74, 6) is 0.219. The predicted molar refractivity (Wildman–Crippen MR) is 43.4 cm³/mol. The van der Waals surface area contributed by atoms with Gasteiger partial charge < -0.3 is 5.73 Å². The lowest BCUT2D eigenvalue weighted by molar-refractivity contribution is 0.0114. The first-order valence-electron chi connectivity index (χ1n) is 3.96. The Morgan fingerprint density at radius 2 is 2.09 bits per heavy atom. The molecule has 4 heteroatoms. The van der Waals surface area contributed by atoms with Crippen LogP contribution in [0.15, 0.2) is 4.99 Å². The van der Waals surface area contributed by atoms with E-state index in [-0.39, 0.29) is 5.96 Å². The molecule has 64 valence electrons. The lowest BCUT2D eigenvalue weighted by atomic mass is 10.3. The van der Waals surface area contributed by atoms with Gasteiger partial charge in [-0.25, -0.2) is 10.1 Å². The maximum atomic E-state index is 8.86. The maximum Gasteiger partial charge on any atom is 0.215 e. The van der Waals surface area contributed by atoms with E-state index in [1.54, 1.807) is 0 Å². The zero-order valence-electron chi connectivity index (χ0n) is 6.82. The molecule has 0 atom stereocenters. The summed E-state index contributed by atoms with van der Waals surface area (Å²) < 4.78 is 0. The van der Waals surface area contributed by atoms with E-state index < -0.39 is 0 Å². The predicted octanol–water partition coefficient (Wildman–Crippen LogP) is 0.565. The smallest absolute Gasteiger partial charge is 0.215 e. The molecule has 1 saturated carbocycles. The van der Waals surface area contributed by atoms with Crippen molar-refractivity contribution in [3.8, 4) is 0 Å². The third-order valence-electron chi connectivity index (χ3n) is 1.97. The van der Waals surface area contributed by atoms with Gasteiger partial charge in [-0.2, -0.15) is 0 Å². The van der Waals surface area contributed by atoms with Gasteiger partial charge in [0.15, 0.2) is 0 Å². The molecular formula is C7H15N3O. The van der Waals surface area contributed by atoms with Gasteiger partial charge in [0, 0.05) is 7.05 Å². The monoisotopic (exact) mass is 157 g/mol. The van der Waals surface area contributed by atoms with E-state index in [9.17, 15) is 0 Å². The normalized spacial score (nSPS) is 20.7. The average Bonchev–Trinajstić information content (AvgIpc) is 2.39. The van der Waals surface area contributed by atoms with Gasteiger partial charge in [0.25, 0.3) is 0 Å². The quantitative estimate of drug-likeness (QED) is 0.332. The fourth-order valence-corrected chi connectivity index (χ4v) is 1.30. The molecule has 0 bridgehead atoms. The molecule has 0 radical (unpaired) electrons. The fourth-order valence-electron chi connectivity index (χ4n) is 1.30. The van der Waals surface area contributed by atoms with Crippen LogP contribution in [0, 0.1) is 0 Å². The zero-order valence-corrected chi connectivity index (χ0v) is 6.82. The number of rotatable bonds is 1. The van der Waals surface area contributed by atoms with E-state index in [1.807, 2.05) is 0 Å². The number of nitrogens with two attached hydrogens (primary N) is 1. The van der Waals surface area contributed by atoms with Crippen molar-refractivity contribution in [1.82, 2.24) is 5.06 Å². The molecule has 0 aromatic carbocycles. The molecular weight excluding hydrogens is 142 g/mol. The Hall–Kier alpha value is -0.770. The Labute approximate surface area is 66.7 Å². The molecule has 0 spiro atoms. The van der Waals surface area contributed by atoms with Crippen molar-refractivity contribution < 1.29 is 5.21 Å². The lowest BCUT2D eigenvalue weighted by Crippen LogP contribution is -2.32. The van der Waals surface area contributed by atoms with Crippen LogP contribution in [0.5, 0.6) is 0 Å². The van der Waals surface area contributed by atoms with Crippen molar-refractivity contribution in [2.75, 3.05) is 7.05 Å². The number of guanidine groups is 1. The Bertz CT molecular complexity index is 150. The largest absolute Gasteiger partial charge is 0.368 e. The van der Waals surface area contributed by atoms with E-state index in [0.29, 0.717) is 6.04 Å². The summed E-state index contributed by atoms with van der Waals surface area (Å²) in [6.45, 7) is 0. The molecule has 1 fully saturated rings. The highest BCUT2D eigenvalue weighted by Gasteiger charge is 2.14. The molecule has 0 aliphatic heterocycles. The molecule has 0 aromatic rings. The summed E-state index contributed by atoms with van der Waals surface area (Å²) in [7, 11) is 1.48. The molecule has 0 unspecified atom stereocenters. The van der Waals surface area contributed by atoms with E-state index >= 15 is 0 Å². The third-order valence-corrected chi connectivity index (χ3v) is 1.97. The summed E-state index contributed by atoms with van der Waals surface area (Å²) in [5.41, 5.74) is 5.42. The van der Waals surface area contributed by atoms with Gasteiger partial charge in [-0.3, -0.25) is 5.21 Å². The van der Waals surface area contributed by atoms with Gasteiger partial charge in [0.05, 0.1) is 6.04 Å². The highest BCUT2D eigenvalue weighted by Crippen LogP contribution is 2.20. The second kappa shape index (κ2) is 3.57. The van der Waals surface area contributed by atoms with Gasteiger partial charge in [-0.15, -0.1) is 0 Å². The van der Waals surface area contributed by atoms with Crippen LogP contribution in [-0.4, -0.2) is 29.3 Å². The Kier molecular flexibility index (Phi) is 2.70. The van der Waals surface area contributed by atoms with Crippen molar-refractivity contribution in [1.29, 1.82) is 0 Å². The molecule has 1 aliphatic carbocycles. The Balaban J connectivity index is 2.42. The van der Waals surface area contributed by atoms with Crippen molar-refractivity contribution >= 4 is 5.96 Å². The highest BCUT2D eigenvalue weighted by molar-refractivity contribution is 5.76. The zero-order chi connectivity index (χ0) is 8.27. The van der Waals surface area contributed by atoms with Gasteiger partial charge >= 0.3 is 0 Å². The Morgan fingerprint density at radius 1 is 1.55 bits per heavy atom. The van der Waals surface area contributed by atoms with Crippen LogP contribution in [0.4, 0.5) is 0 Å². The molecule has 3 N–H and O–H groups in total. The van der Waals surface area contributed by atoms with E-state index in [2.05, 4.69) is 4.99 Å². The number of hydroxylamine groups is 2. The van der Waals surface area contributed by atoms with Crippen LogP contribution in [-0.2, 0) is 0 Å². The summed E-state index contributed by atoms with van der Waals surface area (Å²) in [4.78, 5) is 4.15. The van der Waals surface area contributed by atoms with Gasteiger partial charge in [0.1, 0.15) is 0 Å². The average molecular weight is 157 g/mol. The van der Waals surface area contributed by atoms with Crippen molar-refractivity contribution in [3.05, 3.63) is 0 Å². The standard InChI is InChI=1S/C7H15N3O/c1-10(11)7(8)9-6-4-2-3-5-6/h6,11H,2-5H2,1H3,(H2,8,9). The van der Waals surface area contributed by atoms with E-state index in [4.69, 9.17) is 10.9 Å². The number of nitrogens with zero attached hydrogens (tertiary/aromatic N) is 2. The highest BCUT2D eigenvalue weighted by atomic mass is 16.5. The molecule has 1 aliphatic rings. The first kappa shape index (κ1) is 8.33. The van der Waals surface area contributed by atoms with E-state index in [1.165, 1.54) is 19.9 Å². The summed E-state index contributed by atoms with van der Waals surface area (Å²) >= 11 is 0. The Morgan fingerprint density at radius 3 is 2.55 bits per heavy atom. The molecule has 0 aromatic heterocycles. The van der Waals surface area contributed by atoms with Crippen LogP contribution in [0.3, 0.4) is 0 Å². The lowest BCUT2D eigenvalue weighted by Gasteiger charge is -2.10. The van der Waals surface area contributed by atoms with Crippen LogP contribution < -0.4 is 5.73 Å². The number of hydrogen-bond donors (Lipinski definition) is 2. The summed E-state index contributed by atoms with van der Waals surface area (Å²) in [6, 6.07) is 0.338. The fraction of sp³-hybridized carbons (Fsp3) is 0.857. The van der Waals surface area contributed by atoms with Crippen LogP contribution in [0.2, 0.25) is 0 Å². The van der Waals surface area contributed by atoms with E-state index in [0.717, 1.165) is 17.9 Å². The van der Waals surface area contributed by atoms with Crippen LogP contribution in [0.1, 0.15) is 25.7 Å². The molecule has 11 heavy (non-hydrogen) atoms. The minimum Gasteiger partial charge on any atom is -0.368 e. The van der Waals surface area contributed by atoms with Gasteiger partial charge in [-0.05, 0) is 12.8 Å². The number of aliphatic imine (C=N–C) groups is 1. The first-order chi connectivity index (χ1) is 5.20. The molecule has 0 heterocycles. The topological polar surface area (TPSA) is 61.8 Å². The van der Waals surface area contributed by atoms with Crippen molar-refractivity contribution in [3.63, 3.8) is 0 Å². The first-order valence-corrected chi connectivity index (χ1v) is 3.96. The second-order valence-corrected chi connectivity index (χ2v) is 2.95. The molecule has 0 saturated heterocycles. The maximum absolute atomic E-state index is 8.86. The minimum absolute atomic E-state index is 0.219. The third kappa shape index (κ3) is 2.38. The van der Waals surface area contributed by atoms with Crippen molar-refractivity contribution in [2.45, 2.75) is 31.7 Å². The molecule has 0 amide bonds. The second-order valence-electron chi connectivity index (χ2n) is 2.95. The molecule has 1 rings (SSSR count). The SMILES string of the molecule is CN(O)C(N)=NC1CCCC1. The number of hydrogen-bond acceptors (Lipinski definition) is 2. The minimum atomic E-state index is 0.219. The summed E-state index contributed by atoms with van der Waals surface area (Å²) in [5, 5.41) is 9.72. The van der Waals surface area contributed by atoms with Crippen LogP contribution >= 0.6 is 0 Å². The van der Waals surface area contributed by atoms with Gasteiger partial charge in [-0.1, -0.05) is 12.8 Å². The van der Waals surface area contributed by atoms with Crippen LogP contribution in [0.25, 0.3) is 0 Å². The van der Waals surface area contributed by atoms with Crippen molar-refractivity contribution in [2.24, 2.45) is 10.7 Å². The summed E-state index contributed by atoms with van der Waals surface area (Å²) in [6.07, 6.45) is 4.68.